The van der Waals surface area contributed by atoms with Crippen LogP contribution in [0, 0.1) is 6.57 Å². The summed E-state index contributed by atoms with van der Waals surface area (Å²) in [7, 11) is 0. The van der Waals surface area contributed by atoms with Crippen LogP contribution in [0.4, 0.5) is 5.69 Å². The summed E-state index contributed by atoms with van der Waals surface area (Å²) in [6, 6.07) is 21.1. The molecule has 0 spiro atoms. The molecule has 0 unspecified atom stereocenters. The summed E-state index contributed by atoms with van der Waals surface area (Å²) in [6.45, 7) is 16.0. The number of carbonyl (C=O) groups excluding carboxylic acids is 1. The third kappa shape index (κ3) is 6.98. The van der Waals surface area contributed by atoms with E-state index in [4.69, 9.17) is 16.0 Å². The van der Waals surface area contributed by atoms with E-state index >= 15 is 0 Å². The fourth-order valence-corrected chi connectivity index (χ4v) is 3.50. The lowest BCUT2D eigenvalue weighted by molar-refractivity contribution is 0.0954. The summed E-state index contributed by atoms with van der Waals surface area (Å²) < 4.78 is 11.7. The van der Waals surface area contributed by atoms with Crippen LogP contribution in [0.15, 0.2) is 79.4 Å². The highest BCUT2D eigenvalue weighted by Gasteiger charge is 2.12. The van der Waals surface area contributed by atoms with Gasteiger partial charge in [-0.25, -0.2) is 4.85 Å². The van der Waals surface area contributed by atoms with E-state index in [9.17, 15) is 4.79 Å². The Morgan fingerprint density at radius 2 is 1.82 bits per heavy atom. The predicted molar refractivity (Wildman–Crippen MR) is 136 cm³/mol. The van der Waals surface area contributed by atoms with Gasteiger partial charge < -0.3 is 14.8 Å². The number of benzene rings is 3. The van der Waals surface area contributed by atoms with Crippen molar-refractivity contribution in [2.45, 2.75) is 39.4 Å². The summed E-state index contributed by atoms with van der Waals surface area (Å²) in [5.41, 5.74) is 4.06. The third-order valence-electron chi connectivity index (χ3n) is 5.13. The van der Waals surface area contributed by atoms with Crippen LogP contribution in [0.2, 0.25) is 0 Å². The van der Waals surface area contributed by atoms with Crippen LogP contribution in [0.3, 0.4) is 0 Å². The van der Waals surface area contributed by atoms with Crippen molar-refractivity contribution in [2.24, 2.45) is 0 Å². The first-order chi connectivity index (χ1) is 16.5. The van der Waals surface area contributed by atoms with Crippen LogP contribution >= 0.6 is 0 Å². The molecule has 3 rings (SSSR count). The van der Waals surface area contributed by atoms with E-state index < -0.39 is 0 Å². The minimum Gasteiger partial charge on any atom is -0.502 e. The van der Waals surface area contributed by atoms with Crippen molar-refractivity contribution in [1.29, 1.82) is 0 Å². The van der Waals surface area contributed by atoms with Crippen LogP contribution < -0.4 is 14.8 Å². The quantitative estimate of drug-likeness (QED) is 0.273. The first kappa shape index (κ1) is 24.6. The Morgan fingerprint density at radius 1 is 1.06 bits per heavy atom. The second-order valence-corrected chi connectivity index (χ2v) is 8.18. The lowest BCUT2D eigenvalue weighted by atomic mass is 10.0. The molecule has 34 heavy (non-hydrogen) atoms. The molecular weight excluding hydrogens is 424 g/mol. The number of nitrogens with zero attached hydrogens (tertiary/aromatic N) is 1. The van der Waals surface area contributed by atoms with Crippen LogP contribution in [-0.4, -0.2) is 18.6 Å². The Bertz CT molecular complexity index is 1160. The predicted octanol–water partition coefficient (Wildman–Crippen LogP) is 6.30. The molecule has 0 aliphatic carbocycles. The van der Waals surface area contributed by atoms with Crippen molar-refractivity contribution in [3.8, 4) is 11.5 Å². The highest BCUT2D eigenvalue weighted by atomic mass is 16.5. The Labute approximate surface area is 201 Å². The van der Waals surface area contributed by atoms with Gasteiger partial charge in [0.15, 0.2) is 0 Å². The molecule has 0 fully saturated rings. The maximum Gasteiger partial charge on any atom is 0.250 e. The van der Waals surface area contributed by atoms with E-state index in [0.717, 1.165) is 22.4 Å². The number of nitrogens with one attached hydrogen (secondary N) is 1. The Hall–Kier alpha value is -4.04. The van der Waals surface area contributed by atoms with Gasteiger partial charge in [0.1, 0.15) is 18.1 Å². The molecular formula is C29H30N2O3. The summed E-state index contributed by atoms with van der Waals surface area (Å²) in [6.07, 6.45) is 3.20. The Morgan fingerprint density at radius 3 is 2.53 bits per heavy atom. The third-order valence-corrected chi connectivity index (χ3v) is 5.13. The molecule has 0 heterocycles. The minimum atomic E-state index is -0.213. The van der Waals surface area contributed by atoms with Gasteiger partial charge in [0, 0.05) is 12.1 Å². The normalized spacial score (nSPS) is 10.4. The fourth-order valence-electron chi connectivity index (χ4n) is 3.50. The van der Waals surface area contributed by atoms with Crippen LogP contribution in [-0.2, 0) is 19.4 Å². The molecule has 174 valence electrons. The molecule has 0 saturated carbocycles. The number of hydrogen-bond acceptors (Lipinski definition) is 3. The van der Waals surface area contributed by atoms with Crippen LogP contribution in [0.1, 0.15) is 40.9 Å². The lowest BCUT2D eigenvalue weighted by Crippen LogP contribution is -2.25. The van der Waals surface area contributed by atoms with E-state index in [-0.39, 0.29) is 12.0 Å². The van der Waals surface area contributed by atoms with Gasteiger partial charge in [-0.1, -0.05) is 48.5 Å². The van der Waals surface area contributed by atoms with Gasteiger partial charge >= 0.3 is 0 Å². The van der Waals surface area contributed by atoms with Crippen molar-refractivity contribution in [2.75, 3.05) is 6.54 Å². The lowest BCUT2D eigenvalue weighted by Gasteiger charge is -2.14. The molecule has 3 aromatic carbocycles. The van der Waals surface area contributed by atoms with Crippen LogP contribution in [0.25, 0.3) is 4.85 Å². The zero-order chi connectivity index (χ0) is 24.3. The average Bonchev–Trinajstić information content (AvgIpc) is 2.84. The van der Waals surface area contributed by atoms with E-state index in [0.29, 0.717) is 43.0 Å². The maximum absolute atomic E-state index is 12.6. The SMILES string of the molecule is [C-]#[N+]c1cc(C(=O)NCCc2ccc(OCc3ccccc3)c(CC=C)c2)ccc1OC(C)C. The van der Waals surface area contributed by atoms with Gasteiger partial charge in [0.05, 0.1) is 12.7 Å². The van der Waals surface area contributed by atoms with Gasteiger partial charge in [0.2, 0.25) is 11.6 Å². The fraction of sp³-hybridized carbons (Fsp3) is 0.241. The van der Waals surface area contributed by atoms with Crippen molar-refractivity contribution >= 4 is 11.6 Å². The molecule has 0 atom stereocenters. The molecule has 1 amide bonds. The summed E-state index contributed by atoms with van der Waals surface area (Å²) in [5, 5.41) is 2.94. The second kappa shape index (κ2) is 12.3. The topological polar surface area (TPSA) is 51.9 Å². The highest BCUT2D eigenvalue weighted by Crippen LogP contribution is 2.29. The number of hydrogen-bond donors (Lipinski definition) is 1. The number of ether oxygens (including phenoxy) is 2. The standard InChI is InChI=1S/C29H30N2O3/c1-5-9-24-18-22(12-14-27(24)33-20-23-10-7-6-8-11-23)16-17-31-29(32)25-13-15-28(34-21(2)3)26(19-25)30-4/h5-8,10-15,18-19,21H,1,9,16-17,20H2,2-3H3,(H,31,32). The van der Waals surface area contributed by atoms with E-state index in [1.807, 2.05) is 62.4 Å². The number of amides is 1. The van der Waals surface area contributed by atoms with Crippen molar-refractivity contribution in [1.82, 2.24) is 5.32 Å². The first-order valence-electron chi connectivity index (χ1n) is 11.4. The smallest absolute Gasteiger partial charge is 0.250 e. The molecule has 0 aliphatic heterocycles. The van der Waals surface area contributed by atoms with Gasteiger partial charge in [-0.2, -0.15) is 0 Å². The average molecular weight is 455 g/mol. The molecule has 0 aliphatic rings. The van der Waals surface area contributed by atoms with E-state index in [1.165, 1.54) is 0 Å². The molecule has 1 N–H and O–H groups in total. The maximum atomic E-state index is 12.6. The number of allylic oxidation sites excluding steroid dienone is 1. The summed E-state index contributed by atoms with van der Waals surface area (Å²) in [5.74, 6) is 1.12. The van der Waals surface area contributed by atoms with Gasteiger partial charge in [-0.3, -0.25) is 4.79 Å². The van der Waals surface area contributed by atoms with Gasteiger partial charge in [0.25, 0.3) is 0 Å². The largest absolute Gasteiger partial charge is 0.502 e. The zero-order valence-corrected chi connectivity index (χ0v) is 19.7. The molecule has 0 saturated heterocycles. The molecule has 5 nitrogen and oxygen atoms in total. The number of rotatable bonds is 11. The van der Waals surface area contributed by atoms with Gasteiger partial charge in [-0.05, 0) is 67.6 Å². The van der Waals surface area contributed by atoms with Gasteiger partial charge in [-0.15, -0.1) is 6.58 Å². The van der Waals surface area contributed by atoms with Crippen molar-refractivity contribution < 1.29 is 14.3 Å². The highest BCUT2D eigenvalue weighted by molar-refractivity contribution is 5.95. The number of carbonyl (C=O) groups is 1. The van der Waals surface area contributed by atoms with E-state index in [1.54, 1.807) is 18.2 Å². The summed E-state index contributed by atoms with van der Waals surface area (Å²) >= 11 is 0. The Balaban J connectivity index is 1.59. The molecule has 5 heteroatoms. The molecule has 3 aromatic rings. The monoisotopic (exact) mass is 454 g/mol. The molecule has 0 bridgehead atoms. The molecule has 0 aromatic heterocycles. The Kier molecular flexibility index (Phi) is 8.88. The minimum absolute atomic E-state index is 0.0405. The summed E-state index contributed by atoms with van der Waals surface area (Å²) in [4.78, 5) is 16.1. The second-order valence-electron chi connectivity index (χ2n) is 8.18. The first-order valence-corrected chi connectivity index (χ1v) is 11.4. The van der Waals surface area contributed by atoms with E-state index in [2.05, 4.69) is 22.8 Å². The zero-order valence-electron chi connectivity index (χ0n) is 19.7. The van der Waals surface area contributed by atoms with Crippen LogP contribution in [0.5, 0.6) is 11.5 Å². The van der Waals surface area contributed by atoms with Crippen molar-refractivity contribution in [3.63, 3.8) is 0 Å². The molecule has 0 radical (unpaired) electrons. The van der Waals surface area contributed by atoms with Crippen molar-refractivity contribution in [3.05, 3.63) is 113 Å².